The normalized spacial score (nSPS) is 15.1. The van der Waals surface area contributed by atoms with E-state index in [9.17, 15) is 4.79 Å². The number of benzene rings is 2. The molecule has 0 aliphatic carbocycles. The first-order valence-electron chi connectivity index (χ1n) is 10.1. The highest BCUT2D eigenvalue weighted by Gasteiger charge is 2.34. The van der Waals surface area contributed by atoms with Gasteiger partial charge in [-0.3, -0.25) is 4.79 Å². The van der Waals surface area contributed by atoms with Crippen molar-refractivity contribution in [2.75, 3.05) is 10.6 Å². The maximum atomic E-state index is 13.4. The lowest BCUT2D eigenvalue weighted by Gasteiger charge is -2.28. The molecule has 32 heavy (non-hydrogen) atoms. The van der Waals surface area contributed by atoms with E-state index < -0.39 is 6.04 Å². The third kappa shape index (κ3) is 3.80. The van der Waals surface area contributed by atoms with Crippen LogP contribution in [0.25, 0.3) is 11.4 Å². The van der Waals surface area contributed by atoms with E-state index in [1.165, 1.54) is 0 Å². The van der Waals surface area contributed by atoms with Gasteiger partial charge in [0.25, 0.3) is 5.91 Å². The minimum atomic E-state index is -0.461. The lowest BCUT2D eigenvalue weighted by molar-refractivity contribution is -0.113. The number of nitrogens with one attached hydrogen (secondary N) is 2. The van der Waals surface area contributed by atoms with Crippen molar-refractivity contribution in [3.63, 3.8) is 0 Å². The number of fused-ring (bicyclic) bond motifs is 1. The third-order valence-electron chi connectivity index (χ3n) is 5.20. The first-order chi connectivity index (χ1) is 15.6. The molecule has 4 aromatic rings. The lowest BCUT2D eigenvalue weighted by Crippen LogP contribution is -2.31. The first kappa shape index (κ1) is 20.1. The van der Waals surface area contributed by atoms with E-state index >= 15 is 0 Å². The first-order valence-corrected chi connectivity index (χ1v) is 10.9. The molecule has 1 aliphatic heterocycles. The number of rotatable bonds is 4. The number of pyridine rings is 1. The van der Waals surface area contributed by atoms with Gasteiger partial charge in [0.15, 0.2) is 5.82 Å². The van der Waals surface area contributed by atoms with Crippen molar-refractivity contribution in [3.05, 3.63) is 100 Å². The summed E-state index contributed by atoms with van der Waals surface area (Å²) < 4.78 is 2.69. The lowest BCUT2D eigenvalue weighted by atomic mass is 9.95. The van der Waals surface area contributed by atoms with E-state index in [-0.39, 0.29) is 5.91 Å². The summed E-state index contributed by atoms with van der Waals surface area (Å²) in [5, 5.41) is 10.9. The molecule has 2 aromatic heterocycles. The van der Waals surface area contributed by atoms with Crippen molar-refractivity contribution < 1.29 is 4.79 Å². The molecule has 1 atom stereocenters. The molecule has 0 saturated carbocycles. The summed E-state index contributed by atoms with van der Waals surface area (Å²) in [6, 6.07) is 22.6. The number of carbonyl (C=O) groups is 1. The zero-order valence-corrected chi connectivity index (χ0v) is 18.7. The number of halogens is 1. The second-order valence-electron chi connectivity index (χ2n) is 7.36. The summed E-state index contributed by atoms with van der Waals surface area (Å²) in [4.78, 5) is 22.3. The predicted octanol–water partition coefficient (Wildman–Crippen LogP) is 5.03. The summed E-state index contributed by atoms with van der Waals surface area (Å²) >= 11 is 3.55. The molecule has 0 spiro atoms. The van der Waals surface area contributed by atoms with Gasteiger partial charge in [-0.2, -0.15) is 4.98 Å². The van der Waals surface area contributed by atoms with Crippen LogP contribution < -0.4 is 10.6 Å². The Balaban J connectivity index is 1.62. The van der Waals surface area contributed by atoms with E-state index in [1.807, 2.05) is 67.6 Å². The molecule has 7 nitrogen and oxygen atoms in total. The van der Waals surface area contributed by atoms with E-state index in [1.54, 1.807) is 23.0 Å². The van der Waals surface area contributed by atoms with Crippen LogP contribution in [0, 0.1) is 0 Å². The molecule has 0 unspecified atom stereocenters. The molecule has 0 saturated heterocycles. The fourth-order valence-electron chi connectivity index (χ4n) is 3.76. The number of amides is 1. The number of carbonyl (C=O) groups excluding carboxylic acids is 1. The fourth-order valence-corrected chi connectivity index (χ4v) is 4.18. The molecular formula is C24H19BrN6O. The average Bonchev–Trinajstić information content (AvgIpc) is 3.23. The van der Waals surface area contributed by atoms with Gasteiger partial charge in [-0.05, 0) is 36.8 Å². The van der Waals surface area contributed by atoms with Crippen LogP contribution in [0.2, 0.25) is 0 Å². The Morgan fingerprint density at radius 1 is 1.06 bits per heavy atom. The van der Waals surface area contributed by atoms with Gasteiger partial charge in [0, 0.05) is 21.9 Å². The Kier molecular flexibility index (Phi) is 5.28. The molecule has 8 heteroatoms. The molecule has 2 N–H and O–H groups in total. The van der Waals surface area contributed by atoms with Crippen molar-refractivity contribution in [2.45, 2.75) is 13.0 Å². The zero-order valence-electron chi connectivity index (χ0n) is 17.2. The maximum absolute atomic E-state index is 13.4. The van der Waals surface area contributed by atoms with Crippen molar-refractivity contribution in [1.29, 1.82) is 0 Å². The molecule has 5 rings (SSSR count). The van der Waals surface area contributed by atoms with Crippen LogP contribution in [0.5, 0.6) is 0 Å². The highest BCUT2D eigenvalue weighted by atomic mass is 79.9. The summed E-state index contributed by atoms with van der Waals surface area (Å²) in [6.45, 7) is 1.87. The number of nitrogens with zero attached hydrogens (tertiary/aromatic N) is 4. The largest absolute Gasteiger partial charge is 0.328 e. The van der Waals surface area contributed by atoms with E-state index in [0.29, 0.717) is 28.9 Å². The molecule has 2 aromatic carbocycles. The quantitative estimate of drug-likeness (QED) is 0.422. The molecule has 3 heterocycles. The van der Waals surface area contributed by atoms with E-state index in [4.69, 9.17) is 10.1 Å². The Morgan fingerprint density at radius 3 is 2.62 bits per heavy atom. The summed E-state index contributed by atoms with van der Waals surface area (Å²) in [5.41, 5.74) is 3.08. The Hall–Kier alpha value is -3.78. The number of hydrogen-bond acceptors (Lipinski definition) is 5. The Bertz CT molecular complexity index is 1320. The third-order valence-corrected chi connectivity index (χ3v) is 5.69. The number of aromatic nitrogens is 4. The van der Waals surface area contributed by atoms with Gasteiger partial charge in [-0.25, -0.2) is 9.67 Å². The van der Waals surface area contributed by atoms with Gasteiger partial charge in [0.1, 0.15) is 11.9 Å². The minimum Gasteiger partial charge on any atom is -0.328 e. The Labute approximate surface area is 193 Å². The number of anilines is 2. The molecule has 0 radical (unpaired) electrons. The van der Waals surface area contributed by atoms with Gasteiger partial charge in [0.2, 0.25) is 5.95 Å². The van der Waals surface area contributed by atoms with Crippen molar-refractivity contribution in [3.8, 4) is 11.4 Å². The van der Waals surface area contributed by atoms with Crippen LogP contribution in [-0.4, -0.2) is 25.7 Å². The van der Waals surface area contributed by atoms with Crippen LogP contribution in [0.15, 0.2) is 94.7 Å². The van der Waals surface area contributed by atoms with Gasteiger partial charge in [-0.1, -0.05) is 64.5 Å². The highest BCUT2D eigenvalue weighted by Crippen LogP contribution is 2.37. The van der Waals surface area contributed by atoms with E-state index in [0.717, 1.165) is 15.6 Å². The van der Waals surface area contributed by atoms with Gasteiger partial charge >= 0.3 is 0 Å². The number of hydrogen-bond donors (Lipinski definition) is 2. The molecule has 1 amide bonds. The topological polar surface area (TPSA) is 84.7 Å². The molecule has 1 aliphatic rings. The van der Waals surface area contributed by atoms with Gasteiger partial charge in [-0.15, -0.1) is 5.10 Å². The SMILES string of the molecule is CC1=C(C(=O)Nc2ccccn2)[C@H](c2cccc(Br)c2)n2nc(-c3ccccc3)nc2N1. The van der Waals surface area contributed by atoms with Crippen LogP contribution >= 0.6 is 15.9 Å². The summed E-state index contributed by atoms with van der Waals surface area (Å²) in [5.74, 6) is 1.41. The predicted molar refractivity (Wildman–Crippen MR) is 127 cm³/mol. The van der Waals surface area contributed by atoms with Crippen molar-refractivity contribution in [1.82, 2.24) is 19.7 Å². The van der Waals surface area contributed by atoms with Crippen LogP contribution in [0.1, 0.15) is 18.5 Å². The van der Waals surface area contributed by atoms with Crippen LogP contribution in [-0.2, 0) is 4.79 Å². The van der Waals surface area contributed by atoms with Crippen molar-refractivity contribution >= 4 is 33.6 Å². The number of allylic oxidation sites excluding steroid dienone is 1. The maximum Gasteiger partial charge on any atom is 0.257 e. The fraction of sp³-hybridized carbons (Fsp3) is 0.0833. The highest BCUT2D eigenvalue weighted by molar-refractivity contribution is 9.10. The van der Waals surface area contributed by atoms with Gasteiger partial charge < -0.3 is 10.6 Å². The zero-order chi connectivity index (χ0) is 22.1. The monoisotopic (exact) mass is 486 g/mol. The van der Waals surface area contributed by atoms with Gasteiger partial charge in [0.05, 0.1) is 5.57 Å². The Morgan fingerprint density at radius 2 is 1.88 bits per heavy atom. The molecular weight excluding hydrogens is 468 g/mol. The minimum absolute atomic E-state index is 0.249. The molecule has 0 bridgehead atoms. The van der Waals surface area contributed by atoms with Crippen molar-refractivity contribution in [2.24, 2.45) is 0 Å². The molecule has 0 fully saturated rings. The standard InChI is InChI=1S/C24H19BrN6O/c1-15-20(23(32)28-19-12-5-6-13-26-19)21(17-10-7-11-18(25)14-17)31-24(27-15)29-22(30-31)16-8-3-2-4-9-16/h2-14,21H,1H3,(H,26,28,32)(H,27,29,30)/t21-/m0/s1. The van der Waals surface area contributed by atoms with E-state index in [2.05, 4.69) is 31.5 Å². The second kappa shape index (κ2) is 8.39. The summed E-state index contributed by atoms with van der Waals surface area (Å²) in [6.07, 6.45) is 1.64. The average molecular weight is 487 g/mol. The smallest absolute Gasteiger partial charge is 0.257 e. The van der Waals surface area contributed by atoms with Crippen LogP contribution in [0.4, 0.5) is 11.8 Å². The second-order valence-corrected chi connectivity index (χ2v) is 8.28. The van der Waals surface area contributed by atoms with Crippen LogP contribution in [0.3, 0.4) is 0 Å². The summed E-state index contributed by atoms with van der Waals surface area (Å²) in [7, 11) is 0. The molecule has 158 valence electrons.